The summed E-state index contributed by atoms with van der Waals surface area (Å²) in [7, 11) is 0. The highest BCUT2D eigenvalue weighted by atomic mass is 15.2. The summed E-state index contributed by atoms with van der Waals surface area (Å²) in [5.74, 6) is 1.99. The maximum absolute atomic E-state index is 5.94. The highest BCUT2D eigenvalue weighted by Crippen LogP contribution is 2.24. The van der Waals surface area contributed by atoms with Crippen LogP contribution in [0.5, 0.6) is 0 Å². The van der Waals surface area contributed by atoms with E-state index in [1.807, 2.05) is 19.2 Å². The van der Waals surface area contributed by atoms with Crippen molar-refractivity contribution < 1.29 is 0 Å². The smallest absolute Gasteiger partial charge is 0.128 e. The number of pyridine rings is 1. The fourth-order valence-electron chi connectivity index (χ4n) is 2.69. The average Bonchev–Trinajstić information content (AvgIpc) is 2.64. The summed E-state index contributed by atoms with van der Waals surface area (Å²) in [6.45, 7) is 6.59. The third kappa shape index (κ3) is 3.22. The minimum Gasteiger partial charge on any atom is -0.357 e. The van der Waals surface area contributed by atoms with Crippen molar-refractivity contribution in [1.82, 2.24) is 4.98 Å². The normalized spacial score (nSPS) is 22.6. The Kier molecular flexibility index (Phi) is 4.59. The topological polar surface area (TPSA) is 42.1 Å². The monoisotopic (exact) mass is 247 g/mol. The molecule has 2 atom stereocenters. The minimum atomic E-state index is 0.0853. The van der Waals surface area contributed by atoms with Gasteiger partial charge in [0.1, 0.15) is 5.82 Å². The van der Waals surface area contributed by atoms with E-state index in [0.29, 0.717) is 0 Å². The van der Waals surface area contributed by atoms with Crippen LogP contribution in [-0.4, -0.2) is 18.1 Å². The Labute approximate surface area is 110 Å². The summed E-state index contributed by atoms with van der Waals surface area (Å²) in [4.78, 5) is 6.93. The molecule has 1 aromatic heterocycles. The van der Waals surface area contributed by atoms with Crippen molar-refractivity contribution >= 4 is 5.82 Å². The molecule has 100 valence electrons. The van der Waals surface area contributed by atoms with Crippen molar-refractivity contribution in [2.24, 2.45) is 11.7 Å². The van der Waals surface area contributed by atoms with Crippen LogP contribution in [-0.2, 0) is 0 Å². The van der Waals surface area contributed by atoms with Gasteiger partial charge in [-0.25, -0.2) is 4.98 Å². The van der Waals surface area contributed by atoms with Gasteiger partial charge in [0.15, 0.2) is 0 Å². The molecule has 1 saturated heterocycles. The Morgan fingerprint density at radius 1 is 1.44 bits per heavy atom. The molecule has 0 aromatic carbocycles. The van der Waals surface area contributed by atoms with Gasteiger partial charge < -0.3 is 10.6 Å². The SMILES string of the molecule is CCC1CCCN(c2cc(C(C)N)ccn2)CC1. The molecule has 1 fully saturated rings. The highest BCUT2D eigenvalue weighted by molar-refractivity contribution is 5.41. The van der Waals surface area contributed by atoms with Crippen LogP contribution in [0.1, 0.15) is 51.1 Å². The number of hydrogen-bond donors (Lipinski definition) is 1. The number of rotatable bonds is 3. The number of nitrogens with two attached hydrogens (primary N) is 1. The van der Waals surface area contributed by atoms with Gasteiger partial charge in [-0.1, -0.05) is 13.3 Å². The zero-order valence-electron chi connectivity index (χ0n) is 11.6. The third-order valence-corrected chi connectivity index (χ3v) is 4.04. The van der Waals surface area contributed by atoms with Crippen molar-refractivity contribution in [2.45, 2.75) is 45.6 Å². The molecule has 0 aliphatic carbocycles. The Balaban J connectivity index is 2.08. The van der Waals surface area contributed by atoms with E-state index in [9.17, 15) is 0 Å². The molecule has 2 N–H and O–H groups in total. The summed E-state index contributed by atoms with van der Waals surface area (Å²) in [6, 6.07) is 4.25. The Morgan fingerprint density at radius 3 is 3.00 bits per heavy atom. The van der Waals surface area contributed by atoms with Crippen LogP contribution in [0.4, 0.5) is 5.82 Å². The van der Waals surface area contributed by atoms with Gasteiger partial charge in [-0.2, -0.15) is 0 Å². The first-order valence-corrected chi connectivity index (χ1v) is 7.17. The number of hydrogen-bond acceptors (Lipinski definition) is 3. The molecule has 2 rings (SSSR count). The van der Waals surface area contributed by atoms with E-state index >= 15 is 0 Å². The molecule has 2 unspecified atom stereocenters. The molecular formula is C15H25N3. The average molecular weight is 247 g/mol. The second-order valence-electron chi connectivity index (χ2n) is 5.43. The van der Waals surface area contributed by atoms with Crippen molar-refractivity contribution in [1.29, 1.82) is 0 Å². The standard InChI is InChI=1S/C15H25N3/c1-3-13-5-4-9-18(10-7-13)15-11-14(12(2)16)6-8-17-15/h6,8,11-13H,3-5,7,9-10,16H2,1-2H3. The van der Waals surface area contributed by atoms with Crippen LogP contribution in [0.25, 0.3) is 0 Å². The molecule has 0 radical (unpaired) electrons. The molecule has 3 heteroatoms. The minimum absolute atomic E-state index is 0.0853. The molecule has 0 bridgehead atoms. The van der Waals surface area contributed by atoms with E-state index in [1.54, 1.807) is 0 Å². The van der Waals surface area contributed by atoms with Crippen molar-refractivity contribution in [3.05, 3.63) is 23.9 Å². The third-order valence-electron chi connectivity index (χ3n) is 4.04. The molecule has 2 heterocycles. The van der Waals surface area contributed by atoms with Crippen molar-refractivity contribution in [3.8, 4) is 0 Å². The van der Waals surface area contributed by atoms with E-state index in [1.165, 1.54) is 31.2 Å². The van der Waals surface area contributed by atoms with Gasteiger partial charge in [-0.15, -0.1) is 0 Å². The van der Waals surface area contributed by atoms with Gasteiger partial charge in [-0.3, -0.25) is 0 Å². The van der Waals surface area contributed by atoms with Crippen LogP contribution in [0.3, 0.4) is 0 Å². The number of nitrogens with zero attached hydrogens (tertiary/aromatic N) is 2. The number of aromatic nitrogens is 1. The van der Waals surface area contributed by atoms with Crippen LogP contribution in [0.2, 0.25) is 0 Å². The molecule has 1 aromatic rings. The van der Waals surface area contributed by atoms with Gasteiger partial charge in [-0.05, 0) is 49.8 Å². The van der Waals surface area contributed by atoms with Gasteiger partial charge in [0.2, 0.25) is 0 Å². The van der Waals surface area contributed by atoms with Crippen molar-refractivity contribution in [3.63, 3.8) is 0 Å². The first kappa shape index (κ1) is 13.3. The molecule has 0 spiro atoms. The Hall–Kier alpha value is -1.09. The lowest BCUT2D eigenvalue weighted by Crippen LogP contribution is -2.25. The summed E-state index contributed by atoms with van der Waals surface area (Å²) in [5, 5.41) is 0. The predicted molar refractivity (Wildman–Crippen MR) is 76.7 cm³/mol. The lowest BCUT2D eigenvalue weighted by atomic mass is 9.98. The summed E-state index contributed by atoms with van der Waals surface area (Å²) < 4.78 is 0. The van der Waals surface area contributed by atoms with E-state index < -0.39 is 0 Å². The van der Waals surface area contributed by atoms with Gasteiger partial charge in [0.05, 0.1) is 0 Å². The fraction of sp³-hybridized carbons (Fsp3) is 0.667. The van der Waals surface area contributed by atoms with E-state index in [-0.39, 0.29) is 6.04 Å². The van der Waals surface area contributed by atoms with Gasteiger partial charge in [0, 0.05) is 25.3 Å². The predicted octanol–water partition coefficient (Wildman–Crippen LogP) is 3.12. The molecular weight excluding hydrogens is 222 g/mol. The largest absolute Gasteiger partial charge is 0.357 e. The molecule has 3 nitrogen and oxygen atoms in total. The van der Waals surface area contributed by atoms with Gasteiger partial charge in [0.25, 0.3) is 0 Å². The van der Waals surface area contributed by atoms with E-state index in [2.05, 4.69) is 22.9 Å². The summed E-state index contributed by atoms with van der Waals surface area (Å²) >= 11 is 0. The van der Waals surface area contributed by atoms with E-state index in [4.69, 9.17) is 5.73 Å². The maximum Gasteiger partial charge on any atom is 0.128 e. The Morgan fingerprint density at radius 2 is 2.28 bits per heavy atom. The second-order valence-corrected chi connectivity index (χ2v) is 5.43. The quantitative estimate of drug-likeness (QED) is 0.892. The highest BCUT2D eigenvalue weighted by Gasteiger charge is 2.17. The molecule has 1 aliphatic heterocycles. The fourth-order valence-corrected chi connectivity index (χ4v) is 2.69. The first-order valence-electron chi connectivity index (χ1n) is 7.17. The van der Waals surface area contributed by atoms with Crippen LogP contribution in [0.15, 0.2) is 18.3 Å². The maximum atomic E-state index is 5.94. The summed E-state index contributed by atoms with van der Waals surface area (Å²) in [5.41, 5.74) is 7.12. The first-order chi connectivity index (χ1) is 8.70. The zero-order valence-corrected chi connectivity index (χ0v) is 11.6. The van der Waals surface area contributed by atoms with Gasteiger partial charge >= 0.3 is 0 Å². The molecule has 18 heavy (non-hydrogen) atoms. The van der Waals surface area contributed by atoms with Crippen LogP contribution >= 0.6 is 0 Å². The Bertz CT molecular complexity index is 376. The van der Waals surface area contributed by atoms with E-state index in [0.717, 1.165) is 24.8 Å². The lowest BCUT2D eigenvalue weighted by molar-refractivity contribution is 0.459. The number of anilines is 1. The summed E-state index contributed by atoms with van der Waals surface area (Å²) in [6.07, 6.45) is 7.13. The molecule has 0 amide bonds. The molecule has 1 aliphatic rings. The van der Waals surface area contributed by atoms with Crippen molar-refractivity contribution in [2.75, 3.05) is 18.0 Å². The molecule has 0 saturated carbocycles. The van der Waals surface area contributed by atoms with Crippen LogP contribution in [0, 0.1) is 5.92 Å². The lowest BCUT2D eigenvalue weighted by Gasteiger charge is -2.22. The van der Waals surface area contributed by atoms with Crippen LogP contribution < -0.4 is 10.6 Å². The zero-order chi connectivity index (χ0) is 13.0. The second kappa shape index (κ2) is 6.19.